The number of nitrogens with two attached hydrogens (primary N) is 1. The molecular weight excluding hydrogens is 406 g/mol. The second kappa shape index (κ2) is 6.63. The highest BCUT2D eigenvalue weighted by molar-refractivity contribution is 7.91. The van der Waals surface area contributed by atoms with E-state index < -0.39 is 27.7 Å². The van der Waals surface area contributed by atoms with E-state index >= 15 is 0 Å². The number of amides is 2. The molecule has 2 amide bonds. The number of primary amides is 1. The van der Waals surface area contributed by atoms with Crippen LogP contribution in [0.4, 0.5) is 0 Å². The van der Waals surface area contributed by atoms with Crippen molar-refractivity contribution in [3.63, 3.8) is 0 Å². The van der Waals surface area contributed by atoms with Crippen LogP contribution in [-0.2, 0) is 9.84 Å². The molecule has 1 aromatic carbocycles. The monoisotopic (exact) mass is 425 g/mol. The maximum atomic E-state index is 13.1. The third kappa shape index (κ3) is 2.95. The van der Waals surface area contributed by atoms with Crippen molar-refractivity contribution >= 4 is 27.3 Å². The zero-order chi connectivity index (χ0) is 21.0. The summed E-state index contributed by atoms with van der Waals surface area (Å²) >= 11 is 0. The first-order valence-electron chi connectivity index (χ1n) is 9.67. The molecule has 3 heterocycles. The van der Waals surface area contributed by atoms with Gasteiger partial charge in [0.25, 0.3) is 11.8 Å². The first-order valence-corrected chi connectivity index (χ1v) is 11.3. The Kier molecular flexibility index (Phi) is 4.14. The van der Waals surface area contributed by atoms with Crippen LogP contribution in [0.15, 0.2) is 41.4 Å². The molecule has 0 radical (unpaired) electrons. The van der Waals surface area contributed by atoms with Gasteiger partial charge in [-0.15, -0.1) is 0 Å². The van der Waals surface area contributed by atoms with Gasteiger partial charge in [0.2, 0.25) is 0 Å². The minimum atomic E-state index is -3.35. The van der Waals surface area contributed by atoms with Gasteiger partial charge < -0.3 is 11.1 Å². The largest absolute Gasteiger partial charge is 0.365 e. The zero-order valence-corrected chi connectivity index (χ0v) is 16.7. The van der Waals surface area contributed by atoms with Gasteiger partial charge in [-0.25, -0.2) is 17.9 Å². The maximum absolute atomic E-state index is 13.1. The Labute approximate surface area is 172 Å². The standard InChI is InChI=1S/C20H19N5O4S/c21-18(26)16-17(11-5-6-11)24-25-14(7-9-22-19(16)25)20(27)23-13-8-10-30(28,29)15-4-2-1-3-12(13)15/h1-4,7,9,11,13H,5-6,8,10H2,(H2,21,26)(H,23,27)/t13-/m0/s1. The highest BCUT2D eigenvalue weighted by atomic mass is 32.2. The van der Waals surface area contributed by atoms with Crippen LogP contribution >= 0.6 is 0 Å². The molecule has 154 valence electrons. The summed E-state index contributed by atoms with van der Waals surface area (Å²) in [6, 6.07) is 7.75. The van der Waals surface area contributed by atoms with Crippen LogP contribution in [0.5, 0.6) is 0 Å². The van der Waals surface area contributed by atoms with Crippen LogP contribution in [0.1, 0.15) is 63.3 Å². The Hall–Kier alpha value is -3.27. The van der Waals surface area contributed by atoms with E-state index in [1.807, 2.05) is 0 Å². The fraction of sp³-hybridized carbons (Fsp3) is 0.300. The summed E-state index contributed by atoms with van der Waals surface area (Å²) < 4.78 is 26.0. The quantitative estimate of drug-likeness (QED) is 0.647. The Morgan fingerprint density at radius 3 is 2.63 bits per heavy atom. The SMILES string of the molecule is NC(=O)c1c(C2CC2)nn2c(C(=O)N[C@H]3CCS(=O)(=O)c4ccccc43)ccnc12. The van der Waals surface area contributed by atoms with Gasteiger partial charge in [0.15, 0.2) is 15.5 Å². The number of sulfone groups is 1. The fourth-order valence-electron chi connectivity index (χ4n) is 3.98. The highest BCUT2D eigenvalue weighted by Gasteiger charge is 2.34. The van der Waals surface area contributed by atoms with Crippen LogP contribution in [0.2, 0.25) is 0 Å². The van der Waals surface area contributed by atoms with E-state index in [1.54, 1.807) is 24.3 Å². The molecule has 1 aliphatic carbocycles. The minimum Gasteiger partial charge on any atom is -0.365 e. The number of hydrogen-bond acceptors (Lipinski definition) is 6. The molecule has 1 aliphatic heterocycles. The van der Waals surface area contributed by atoms with E-state index in [2.05, 4.69) is 15.4 Å². The molecule has 2 aliphatic rings. The van der Waals surface area contributed by atoms with E-state index in [4.69, 9.17) is 5.73 Å². The number of aromatic nitrogens is 3. The summed E-state index contributed by atoms with van der Waals surface area (Å²) in [4.78, 5) is 29.6. The summed E-state index contributed by atoms with van der Waals surface area (Å²) in [7, 11) is -3.35. The molecule has 1 fully saturated rings. The number of benzene rings is 1. The molecule has 10 heteroatoms. The summed E-state index contributed by atoms with van der Waals surface area (Å²) in [5.41, 5.74) is 7.41. The molecule has 5 rings (SSSR count). The number of hydrogen-bond donors (Lipinski definition) is 2. The summed E-state index contributed by atoms with van der Waals surface area (Å²) in [6.45, 7) is 0. The lowest BCUT2D eigenvalue weighted by molar-refractivity contribution is 0.0925. The molecule has 0 saturated heterocycles. The van der Waals surface area contributed by atoms with Gasteiger partial charge in [-0.3, -0.25) is 9.59 Å². The molecule has 0 bridgehead atoms. The molecule has 2 aromatic heterocycles. The van der Waals surface area contributed by atoms with Crippen molar-refractivity contribution in [3.8, 4) is 0 Å². The lowest BCUT2D eigenvalue weighted by Crippen LogP contribution is -2.34. The average molecular weight is 425 g/mol. The van der Waals surface area contributed by atoms with Crippen molar-refractivity contribution in [2.45, 2.75) is 36.1 Å². The molecule has 0 unspecified atom stereocenters. The van der Waals surface area contributed by atoms with E-state index in [9.17, 15) is 18.0 Å². The lowest BCUT2D eigenvalue weighted by atomic mass is 10.0. The third-order valence-electron chi connectivity index (χ3n) is 5.60. The Bertz CT molecular complexity index is 1310. The van der Waals surface area contributed by atoms with Crippen molar-refractivity contribution < 1.29 is 18.0 Å². The van der Waals surface area contributed by atoms with E-state index in [0.717, 1.165) is 12.8 Å². The zero-order valence-electron chi connectivity index (χ0n) is 15.9. The van der Waals surface area contributed by atoms with Crippen LogP contribution in [0.25, 0.3) is 5.65 Å². The molecule has 1 atom stereocenters. The third-order valence-corrected chi connectivity index (χ3v) is 7.41. The van der Waals surface area contributed by atoms with Crippen LogP contribution in [0.3, 0.4) is 0 Å². The Morgan fingerprint density at radius 1 is 1.13 bits per heavy atom. The fourth-order valence-corrected chi connectivity index (χ4v) is 5.61. The van der Waals surface area contributed by atoms with E-state index in [0.29, 0.717) is 11.3 Å². The number of carbonyl (C=O) groups is 2. The minimum absolute atomic E-state index is 0.0415. The lowest BCUT2D eigenvalue weighted by Gasteiger charge is -2.26. The Morgan fingerprint density at radius 2 is 1.90 bits per heavy atom. The first kappa shape index (κ1) is 18.7. The summed E-state index contributed by atoms with van der Waals surface area (Å²) in [6.07, 6.45) is 3.55. The van der Waals surface area contributed by atoms with Gasteiger partial charge in [0, 0.05) is 12.1 Å². The van der Waals surface area contributed by atoms with Crippen LogP contribution < -0.4 is 11.1 Å². The van der Waals surface area contributed by atoms with Crippen molar-refractivity contribution in [2.75, 3.05) is 5.75 Å². The average Bonchev–Trinajstić information content (AvgIpc) is 3.49. The molecule has 9 nitrogen and oxygen atoms in total. The number of nitrogens with one attached hydrogen (secondary N) is 1. The number of rotatable bonds is 4. The van der Waals surface area contributed by atoms with E-state index in [-0.39, 0.29) is 39.9 Å². The number of carbonyl (C=O) groups excluding carboxylic acids is 2. The smallest absolute Gasteiger partial charge is 0.270 e. The molecule has 30 heavy (non-hydrogen) atoms. The second-order valence-corrected chi connectivity index (χ2v) is 9.71. The van der Waals surface area contributed by atoms with Crippen molar-refractivity contribution in [1.82, 2.24) is 19.9 Å². The first-order chi connectivity index (χ1) is 14.4. The Balaban J connectivity index is 1.53. The van der Waals surface area contributed by atoms with Gasteiger partial charge >= 0.3 is 0 Å². The van der Waals surface area contributed by atoms with Crippen molar-refractivity contribution in [1.29, 1.82) is 0 Å². The molecule has 3 N–H and O–H groups in total. The van der Waals surface area contributed by atoms with Gasteiger partial charge in [-0.2, -0.15) is 5.10 Å². The normalized spacial score (nSPS) is 19.9. The molecule has 3 aromatic rings. The van der Waals surface area contributed by atoms with Crippen molar-refractivity contribution in [2.24, 2.45) is 5.73 Å². The van der Waals surface area contributed by atoms with E-state index in [1.165, 1.54) is 16.8 Å². The van der Waals surface area contributed by atoms with Crippen LogP contribution in [0, 0.1) is 0 Å². The molecule has 0 spiro atoms. The predicted octanol–water partition coefficient (Wildman–Crippen LogP) is 1.35. The molecule has 1 saturated carbocycles. The number of fused-ring (bicyclic) bond motifs is 2. The highest BCUT2D eigenvalue weighted by Crippen LogP contribution is 2.41. The van der Waals surface area contributed by atoms with Crippen molar-refractivity contribution in [3.05, 3.63) is 59.0 Å². The maximum Gasteiger partial charge on any atom is 0.270 e. The second-order valence-electron chi connectivity index (χ2n) is 7.64. The summed E-state index contributed by atoms with van der Waals surface area (Å²) in [5.74, 6) is -0.938. The topological polar surface area (TPSA) is 137 Å². The van der Waals surface area contributed by atoms with Crippen LogP contribution in [-0.4, -0.2) is 40.6 Å². The summed E-state index contributed by atoms with van der Waals surface area (Å²) in [5, 5.41) is 7.39. The van der Waals surface area contributed by atoms with Gasteiger partial charge in [0.1, 0.15) is 11.3 Å². The predicted molar refractivity (Wildman–Crippen MR) is 107 cm³/mol. The number of nitrogens with zero attached hydrogens (tertiary/aromatic N) is 3. The van der Waals surface area contributed by atoms with Gasteiger partial charge in [-0.1, -0.05) is 18.2 Å². The van der Waals surface area contributed by atoms with Gasteiger partial charge in [0.05, 0.1) is 22.4 Å². The van der Waals surface area contributed by atoms with Gasteiger partial charge in [-0.05, 0) is 37.0 Å². The molecular formula is C20H19N5O4S.